The number of primary amides is 1. The Hall–Kier alpha value is -1.96. The SMILES string of the molecule is COC(=O)N=C(N)c1csc(C(N)=O)n1. The molecule has 0 fully saturated rings. The molecule has 4 N–H and O–H groups in total. The highest BCUT2D eigenvalue weighted by Gasteiger charge is 2.10. The Labute approximate surface area is 88.8 Å². The first-order valence-electron chi connectivity index (χ1n) is 3.72. The second-order valence-corrected chi connectivity index (χ2v) is 3.23. The van der Waals surface area contributed by atoms with Crippen molar-refractivity contribution in [2.24, 2.45) is 16.5 Å². The van der Waals surface area contributed by atoms with E-state index in [1.54, 1.807) is 0 Å². The minimum atomic E-state index is -0.832. The third kappa shape index (κ3) is 2.74. The highest BCUT2D eigenvalue weighted by Crippen LogP contribution is 2.08. The van der Waals surface area contributed by atoms with Gasteiger partial charge in [0, 0.05) is 5.38 Å². The number of thiazole rings is 1. The standard InChI is InChI=1S/C7H8N4O3S/c1-14-7(13)11-4(8)3-2-15-6(10-3)5(9)12/h2H,1H3,(H2,9,12)(H2,8,11,13). The summed E-state index contributed by atoms with van der Waals surface area (Å²) in [5.74, 6) is -0.775. The van der Waals surface area contributed by atoms with Gasteiger partial charge in [-0.1, -0.05) is 0 Å². The summed E-state index contributed by atoms with van der Waals surface area (Å²) in [5, 5.41) is 1.58. The lowest BCUT2D eigenvalue weighted by molar-refractivity contribution is 0.1000. The summed E-state index contributed by atoms with van der Waals surface area (Å²) in [7, 11) is 1.18. The van der Waals surface area contributed by atoms with Gasteiger partial charge in [0.2, 0.25) is 0 Å². The highest BCUT2D eigenvalue weighted by molar-refractivity contribution is 7.11. The number of hydrogen-bond donors (Lipinski definition) is 2. The van der Waals surface area contributed by atoms with Crippen molar-refractivity contribution in [2.45, 2.75) is 0 Å². The fraction of sp³-hybridized carbons (Fsp3) is 0.143. The summed E-state index contributed by atoms with van der Waals surface area (Å²) in [6.45, 7) is 0. The number of nitrogens with zero attached hydrogens (tertiary/aromatic N) is 2. The van der Waals surface area contributed by atoms with Crippen LogP contribution in [0.4, 0.5) is 4.79 Å². The maximum absolute atomic E-state index is 10.7. The van der Waals surface area contributed by atoms with Crippen LogP contribution in [-0.2, 0) is 4.74 Å². The molecule has 0 saturated carbocycles. The third-order valence-corrected chi connectivity index (χ3v) is 2.22. The molecule has 0 aromatic carbocycles. The number of hydrogen-bond acceptors (Lipinski definition) is 5. The lowest BCUT2D eigenvalue weighted by Crippen LogP contribution is -2.17. The van der Waals surface area contributed by atoms with E-state index < -0.39 is 12.0 Å². The molecule has 7 nitrogen and oxygen atoms in total. The molecule has 15 heavy (non-hydrogen) atoms. The lowest BCUT2D eigenvalue weighted by atomic mass is 10.4. The van der Waals surface area contributed by atoms with Crippen molar-refractivity contribution in [1.82, 2.24) is 4.98 Å². The molecule has 0 radical (unpaired) electrons. The van der Waals surface area contributed by atoms with E-state index in [0.717, 1.165) is 11.3 Å². The number of rotatable bonds is 2. The van der Waals surface area contributed by atoms with Crippen LogP contribution in [0.15, 0.2) is 10.4 Å². The van der Waals surface area contributed by atoms with Gasteiger partial charge in [-0.2, -0.15) is 4.99 Å². The fourth-order valence-electron chi connectivity index (χ4n) is 0.706. The van der Waals surface area contributed by atoms with Crippen LogP contribution in [0.1, 0.15) is 15.5 Å². The van der Waals surface area contributed by atoms with Crippen molar-refractivity contribution in [3.8, 4) is 0 Å². The Balaban J connectivity index is 2.92. The Kier molecular flexibility index (Phi) is 3.34. The molecule has 2 amide bonds. The van der Waals surface area contributed by atoms with Crippen LogP contribution < -0.4 is 11.5 Å². The van der Waals surface area contributed by atoms with Crippen molar-refractivity contribution in [1.29, 1.82) is 0 Å². The monoisotopic (exact) mass is 228 g/mol. The summed E-state index contributed by atoms with van der Waals surface area (Å²) < 4.78 is 4.27. The van der Waals surface area contributed by atoms with Gasteiger partial charge in [-0.25, -0.2) is 9.78 Å². The maximum Gasteiger partial charge on any atom is 0.435 e. The first kappa shape index (κ1) is 11.1. The molecule has 0 spiro atoms. The number of ether oxygens (including phenoxy) is 1. The van der Waals surface area contributed by atoms with Crippen molar-refractivity contribution in [2.75, 3.05) is 7.11 Å². The molecule has 1 aromatic heterocycles. The molecule has 1 heterocycles. The first-order valence-corrected chi connectivity index (χ1v) is 4.60. The molecule has 0 unspecified atom stereocenters. The number of carbonyl (C=O) groups is 2. The summed E-state index contributed by atoms with van der Waals surface area (Å²) in [6, 6.07) is 0. The van der Waals surface area contributed by atoms with E-state index in [2.05, 4.69) is 14.7 Å². The van der Waals surface area contributed by atoms with Crippen LogP contribution >= 0.6 is 11.3 Å². The number of carbonyl (C=O) groups excluding carboxylic acids is 2. The van der Waals surface area contributed by atoms with E-state index in [9.17, 15) is 9.59 Å². The number of amides is 2. The number of methoxy groups -OCH3 is 1. The van der Waals surface area contributed by atoms with Gasteiger partial charge in [0.1, 0.15) is 5.69 Å². The second kappa shape index (κ2) is 4.51. The van der Waals surface area contributed by atoms with Crippen LogP contribution in [0, 0.1) is 0 Å². The second-order valence-electron chi connectivity index (χ2n) is 2.37. The molecule has 1 rings (SSSR count). The molecular weight excluding hydrogens is 220 g/mol. The minimum Gasteiger partial charge on any atom is -0.451 e. The van der Waals surface area contributed by atoms with Gasteiger partial charge in [0.25, 0.3) is 5.91 Å². The molecule has 0 aliphatic rings. The van der Waals surface area contributed by atoms with Crippen LogP contribution in [0.3, 0.4) is 0 Å². The zero-order valence-electron chi connectivity index (χ0n) is 7.76. The molecule has 0 aliphatic heterocycles. The topological polar surface area (TPSA) is 121 Å². The van der Waals surface area contributed by atoms with Crippen molar-refractivity contribution >= 4 is 29.2 Å². The van der Waals surface area contributed by atoms with Gasteiger partial charge < -0.3 is 16.2 Å². The summed E-state index contributed by atoms with van der Waals surface area (Å²) in [5.41, 5.74) is 10.6. The van der Waals surface area contributed by atoms with Crippen LogP contribution in [0.2, 0.25) is 0 Å². The fourth-order valence-corrected chi connectivity index (χ4v) is 1.37. The summed E-state index contributed by atoms with van der Waals surface area (Å²) in [6.07, 6.45) is -0.832. The van der Waals surface area contributed by atoms with Crippen LogP contribution in [0.25, 0.3) is 0 Å². The van der Waals surface area contributed by atoms with Crippen molar-refractivity contribution in [3.05, 3.63) is 16.1 Å². The van der Waals surface area contributed by atoms with Crippen LogP contribution in [0.5, 0.6) is 0 Å². The Bertz CT molecular complexity index is 426. The summed E-state index contributed by atoms with van der Waals surface area (Å²) in [4.78, 5) is 28.6. The number of amidine groups is 1. The molecular formula is C7H8N4O3S. The Morgan fingerprint density at radius 1 is 1.53 bits per heavy atom. The Morgan fingerprint density at radius 3 is 2.67 bits per heavy atom. The quantitative estimate of drug-likeness (QED) is 0.532. The van der Waals surface area contributed by atoms with E-state index in [1.807, 2.05) is 0 Å². The van der Waals surface area contributed by atoms with E-state index in [1.165, 1.54) is 12.5 Å². The van der Waals surface area contributed by atoms with Gasteiger partial charge in [-0.3, -0.25) is 4.79 Å². The average Bonchev–Trinajstić information content (AvgIpc) is 2.66. The molecule has 0 atom stereocenters. The largest absolute Gasteiger partial charge is 0.451 e. The van der Waals surface area contributed by atoms with Gasteiger partial charge >= 0.3 is 6.09 Å². The summed E-state index contributed by atoms with van der Waals surface area (Å²) >= 11 is 1.02. The predicted octanol–water partition coefficient (Wildman–Crippen LogP) is -0.286. The molecule has 0 saturated heterocycles. The smallest absolute Gasteiger partial charge is 0.435 e. The molecule has 0 bridgehead atoms. The Morgan fingerprint density at radius 2 is 2.20 bits per heavy atom. The van der Waals surface area contributed by atoms with E-state index in [4.69, 9.17) is 11.5 Å². The number of nitrogens with two attached hydrogens (primary N) is 2. The number of aromatic nitrogens is 1. The van der Waals surface area contributed by atoms with Crippen LogP contribution in [-0.4, -0.2) is 29.9 Å². The normalized spacial score (nSPS) is 11.1. The maximum atomic E-state index is 10.7. The molecule has 8 heteroatoms. The lowest BCUT2D eigenvalue weighted by Gasteiger charge is -1.94. The van der Waals surface area contributed by atoms with Gasteiger partial charge in [0.15, 0.2) is 10.8 Å². The average molecular weight is 228 g/mol. The third-order valence-electron chi connectivity index (χ3n) is 1.36. The van der Waals surface area contributed by atoms with Crippen molar-refractivity contribution in [3.63, 3.8) is 0 Å². The minimum absolute atomic E-state index is 0.105. The zero-order chi connectivity index (χ0) is 11.4. The zero-order valence-corrected chi connectivity index (χ0v) is 8.58. The van der Waals surface area contributed by atoms with Gasteiger partial charge in [-0.05, 0) is 0 Å². The number of aliphatic imine (C=N–C) groups is 1. The highest BCUT2D eigenvalue weighted by atomic mass is 32.1. The molecule has 1 aromatic rings. The first-order chi connectivity index (χ1) is 7.04. The molecule has 0 aliphatic carbocycles. The van der Waals surface area contributed by atoms with Gasteiger partial charge in [0.05, 0.1) is 7.11 Å². The van der Waals surface area contributed by atoms with E-state index in [0.29, 0.717) is 0 Å². The van der Waals surface area contributed by atoms with E-state index in [-0.39, 0.29) is 16.5 Å². The van der Waals surface area contributed by atoms with Crippen molar-refractivity contribution < 1.29 is 14.3 Å². The van der Waals surface area contributed by atoms with E-state index >= 15 is 0 Å². The molecule has 80 valence electrons. The predicted molar refractivity (Wildman–Crippen MR) is 53.8 cm³/mol. The van der Waals surface area contributed by atoms with Gasteiger partial charge in [-0.15, -0.1) is 11.3 Å².